The minimum absolute atomic E-state index is 0.369. The third kappa shape index (κ3) is 2.93. The van der Waals surface area contributed by atoms with Crippen LogP contribution in [0.3, 0.4) is 0 Å². The lowest BCUT2D eigenvalue weighted by Gasteiger charge is -2.30. The summed E-state index contributed by atoms with van der Waals surface area (Å²) in [6, 6.07) is 7.23. The molecule has 1 N–H and O–H groups in total. The van der Waals surface area contributed by atoms with Gasteiger partial charge in [0.25, 0.3) is 0 Å². The molecule has 2 rings (SSSR count). The number of nitrogens with one attached hydrogen (secondary N) is 1. The first kappa shape index (κ1) is 14.0. The molecule has 1 aliphatic rings. The molecule has 0 amide bonds. The maximum atomic E-state index is 12.4. The highest BCUT2D eigenvalue weighted by Crippen LogP contribution is 2.22. The van der Waals surface area contributed by atoms with Crippen LogP contribution in [0.2, 0.25) is 0 Å². The van der Waals surface area contributed by atoms with Crippen LogP contribution >= 0.6 is 15.9 Å². The summed E-state index contributed by atoms with van der Waals surface area (Å²) in [4.78, 5) is 0.369. The smallest absolute Gasteiger partial charge is 0.243 e. The Balaban J connectivity index is 2.15. The molecule has 0 saturated carbocycles. The standard InChI is InChI=1S/C12H17BrN2O2S/c1-14-11-6-8-15(9-7-11)18(16,17)12-4-2-10(13)3-5-12/h2-5,11,14H,6-9H2,1H3. The van der Waals surface area contributed by atoms with Gasteiger partial charge in [-0.15, -0.1) is 0 Å². The lowest BCUT2D eigenvalue weighted by molar-refractivity contribution is 0.298. The number of nitrogens with zero attached hydrogens (tertiary/aromatic N) is 1. The van der Waals surface area contributed by atoms with Gasteiger partial charge in [0.2, 0.25) is 10.0 Å². The molecule has 6 heteroatoms. The number of piperidine rings is 1. The Morgan fingerprint density at radius 3 is 2.28 bits per heavy atom. The Bertz CT molecular complexity index is 493. The Morgan fingerprint density at radius 2 is 1.78 bits per heavy atom. The SMILES string of the molecule is CNC1CCN(S(=O)(=O)c2ccc(Br)cc2)CC1. The van der Waals surface area contributed by atoms with E-state index in [0.717, 1.165) is 17.3 Å². The zero-order valence-corrected chi connectivity index (χ0v) is 12.7. The van der Waals surface area contributed by atoms with E-state index in [1.54, 1.807) is 28.6 Å². The van der Waals surface area contributed by atoms with Gasteiger partial charge in [0.1, 0.15) is 0 Å². The van der Waals surface area contributed by atoms with Crippen LogP contribution in [0.15, 0.2) is 33.6 Å². The summed E-state index contributed by atoms with van der Waals surface area (Å²) in [7, 11) is -1.41. The molecule has 4 nitrogen and oxygen atoms in total. The normalized spacial score (nSPS) is 19.0. The number of hydrogen-bond acceptors (Lipinski definition) is 3. The van der Waals surface area contributed by atoms with Gasteiger partial charge in [0, 0.05) is 23.6 Å². The highest BCUT2D eigenvalue weighted by atomic mass is 79.9. The average molecular weight is 333 g/mol. The van der Waals surface area contributed by atoms with Crippen molar-refractivity contribution in [2.75, 3.05) is 20.1 Å². The molecule has 1 aliphatic heterocycles. The first-order valence-electron chi connectivity index (χ1n) is 5.97. The van der Waals surface area contributed by atoms with E-state index in [9.17, 15) is 8.42 Å². The van der Waals surface area contributed by atoms with Gasteiger partial charge in [-0.1, -0.05) is 15.9 Å². The lowest BCUT2D eigenvalue weighted by Crippen LogP contribution is -2.43. The fourth-order valence-corrected chi connectivity index (χ4v) is 3.87. The largest absolute Gasteiger partial charge is 0.317 e. The summed E-state index contributed by atoms with van der Waals surface area (Å²) in [5, 5.41) is 3.20. The van der Waals surface area contributed by atoms with Gasteiger partial charge < -0.3 is 5.32 Å². The number of sulfonamides is 1. The van der Waals surface area contributed by atoms with Crippen LogP contribution in [-0.4, -0.2) is 38.9 Å². The van der Waals surface area contributed by atoms with E-state index in [0.29, 0.717) is 24.0 Å². The van der Waals surface area contributed by atoms with Gasteiger partial charge >= 0.3 is 0 Å². The van der Waals surface area contributed by atoms with Crippen LogP contribution in [0.1, 0.15) is 12.8 Å². The predicted molar refractivity (Wildman–Crippen MR) is 75.0 cm³/mol. The third-order valence-corrected chi connectivity index (χ3v) is 5.76. The van der Waals surface area contributed by atoms with E-state index in [1.165, 1.54) is 0 Å². The quantitative estimate of drug-likeness (QED) is 0.918. The van der Waals surface area contributed by atoms with Crippen LogP contribution in [0.25, 0.3) is 0 Å². The molecule has 1 saturated heterocycles. The molecule has 1 aromatic carbocycles. The fourth-order valence-electron chi connectivity index (χ4n) is 2.14. The Hall–Kier alpha value is -0.430. The number of rotatable bonds is 3. The van der Waals surface area contributed by atoms with Crippen molar-refractivity contribution in [3.8, 4) is 0 Å². The van der Waals surface area contributed by atoms with Crippen LogP contribution in [-0.2, 0) is 10.0 Å². The van der Waals surface area contributed by atoms with Gasteiger partial charge in [-0.3, -0.25) is 0 Å². The highest BCUT2D eigenvalue weighted by Gasteiger charge is 2.28. The van der Waals surface area contributed by atoms with Crippen LogP contribution in [0.5, 0.6) is 0 Å². The Morgan fingerprint density at radius 1 is 1.22 bits per heavy atom. The van der Waals surface area contributed by atoms with E-state index in [1.807, 2.05) is 7.05 Å². The summed E-state index contributed by atoms with van der Waals surface area (Å²) in [5.74, 6) is 0. The molecule has 0 atom stereocenters. The van der Waals surface area contributed by atoms with Crippen molar-refractivity contribution in [1.29, 1.82) is 0 Å². The second-order valence-electron chi connectivity index (χ2n) is 4.42. The first-order valence-corrected chi connectivity index (χ1v) is 8.20. The van der Waals surface area contributed by atoms with Crippen LogP contribution in [0.4, 0.5) is 0 Å². The molecular formula is C12H17BrN2O2S. The van der Waals surface area contributed by atoms with E-state index < -0.39 is 10.0 Å². The topological polar surface area (TPSA) is 49.4 Å². The summed E-state index contributed by atoms with van der Waals surface area (Å²) in [6.45, 7) is 1.17. The lowest BCUT2D eigenvalue weighted by atomic mass is 10.1. The van der Waals surface area contributed by atoms with Gasteiger partial charge in [-0.25, -0.2) is 8.42 Å². The van der Waals surface area contributed by atoms with Crippen molar-refractivity contribution in [3.63, 3.8) is 0 Å². The monoisotopic (exact) mass is 332 g/mol. The van der Waals surface area contributed by atoms with Crippen molar-refractivity contribution in [2.45, 2.75) is 23.8 Å². The van der Waals surface area contributed by atoms with Gasteiger partial charge in [-0.05, 0) is 44.2 Å². The predicted octanol–water partition coefficient (Wildman–Crippen LogP) is 1.82. The van der Waals surface area contributed by atoms with Gasteiger partial charge in [0.05, 0.1) is 4.90 Å². The average Bonchev–Trinajstić information content (AvgIpc) is 2.39. The van der Waals surface area contributed by atoms with E-state index in [-0.39, 0.29) is 0 Å². The van der Waals surface area contributed by atoms with E-state index in [2.05, 4.69) is 21.2 Å². The maximum absolute atomic E-state index is 12.4. The molecule has 1 heterocycles. The molecule has 18 heavy (non-hydrogen) atoms. The third-order valence-electron chi connectivity index (χ3n) is 3.31. The number of hydrogen-bond donors (Lipinski definition) is 1. The molecule has 100 valence electrons. The summed E-state index contributed by atoms with van der Waals surface area (Å²) >= 11 is 3.31. The zero-order chi connectivity index (χ0) is 13.2. The molecule has 0 radical (unpaired) electrons. The molecular weight excluding hydrogens is 316 g/mol. The van der Waals surface area contributed by atoms with Crippen molar-refractivity contribution in [1.82, 2.24) is 9.62 Å². The number of halogens is 1. The maximum Gasteiger partial charge on any atom is 0.243 e. The second kappa shape index (κ2) is 5.69. The van der Waals surface area contributed by atoms with Gasteiger partial charge in [0.15, 0.2) is 0 Å². The molecule has 0 aliphatic carbocycles. The second-order valence-corrected chi connectivity index (χ2v) is 7.27. The summed E-state index contributed by atoms with van der Waals surface area (Å²) in [5.41, 5.74) is 0. The molecule has 0 spiro atoms. The molecule has 0 bridgehead atoms. The van der Waals surface area contributed by atoms with E-state index >= 15 is 0 Å². The van der Waals surface area contributed by atoms with Crippen LogP contribution in [0, 0.1) is 0 Å². The van der Waals surface area contributed by atoms with Gasteiger partial charge in [-0.2, -0.15) is 4.31 Å². The van der Waals surface area contributed by atoms with Crippen molar-refractivity contribution < 1.29 is 8.42 Å². The van der Waals surface area contributed by atoms with Crippen LogP contribution < -0.4 is 5.32 Å². The molecule has 0 unspecified atom stereocenters. The minimum Gasteiger partial charge on any atom is -0.317 e. The molecule has 1 fully saturated rings. The molecule has 1 aromatic rings. The summed E-state index contributed by atoms with van der Waals surface area (Å²) < 4.78 is 27.2. The number of benzene rings is 1. The summed E-state index contributed by atoms with van der Waals surface area (Å²) in [6.07, 6.45) is 1.73. The Kier molecular flexibility index (Phi) is 4.42. The fraction of sp³-hybridized carbons (Fsp3) is 0.500. The van der Waals surface area contributed by atoms with Crippen molar-refractivity contribution >= 4 is 26.0 Å². The van der Waals surface area contributed by atoms with Crippen molar-refractivity contribution in [3.05, 3.63) is 28.7 Å². The Labute approximate surface area is 117 Å². The zero-order valence-electron chi connectivity index (χ0n) is 10.3. The first-order chi connectivity index (χ1) is 8.54. The highest BCUT2D eigenvalue weighted by molar-refractivity contribution is 9.10. The van der Waals surface area contributed by atoms with Crippen molar-refractivity contribution in [2.24, 2.45) is 0 Å². The van der Waals surface area contributed by atoms with E-state index in [4.69, 9.17) is 0 Å². The minimum atomic E-state index is -3.33. The molecule has 0 aromatic heterocycles.